The second-order valence-corrected chi connectivity index (χ2v) is 7.27. The van der Waals surface area contributed by atoms with Crippen LogP contribution < -0.4 is 5.43 Å². The Hall–Kier alpha value is -2.50. The van der Waals surface area contributed by atoms with Crippen molar-refractivity contribution in [3.63, 3.8) is 0 Å². The number of rotatable bonds is 6. The first-order valence-electron chi connectivity index (χ1n) is 9.34. The Kier molecular flexibility index (Phi) is 5.96. The van der Waals surface area contributed by atoms with E-state index in [9.17, 15) is 20.1 Å². The second kappa shape index (κ2) is 8.25. The summed E-state index contributed by atoms with van der Waals surface area (Å²) in [5.74, 6) is -0.786. The summed E-state index contributed by atoms with van der Waals surface area (Å²) in [7, 11) is 0. The van der Waals surface area contributed by atoms with E-state index in [4.69, 9.17) is 16.0 Å². The maximum atomic E-state index is 12.8. The zero-order valence-corrected chi connectivity index (χ0v) is 16.5. The molecule has 148 valence electrons. The highest BCUT2D eigenvalue weighted by Crippen LogP contribution is 2.42. The van der Waals surface area contributed by atoms with Crippen LogP contribution in [-0.2, 0) is 0 Å². The second-order valence-electron chi connectivity index (χ2n) is 6.86. The lowest BCUT2D eigenvalue weighted by molar-refractivity contribution is 0.133. The van der Waals surface area contributed by atoms with Gasteiger partial charge in [-0.1, -0.05) is 44.0 Å². The number of halogens is 1. The number of phenolic OH excluding ortho intramolecular Hbond substituents is 2. The molecule has 28 heavy (non-hydrogen) atoms. The molecule has 1 heterocycles. The summed E-state index contributed by atoms with van der Waals surface area (Å²) < 4.78 is 6.01. The first kappa shape index (κ1) is 20.2. The fourth-order valence-corrected chi connectivity index (χ4v) is 3.83. The van der Waals surface area contributed by atoms with Gasteiger partial charge in [0.15, 0.2) is 5.43 Å². The number of aliphatic hydroxyl groups excluding tert-OH is 1. The fraction of sp³-hybridized carbons (Fsp3) is 0.318. The molecule has 0 aliphatic rings. The Bertz CT molecular complexity index is 1060. The average Bonchev–Trinajstić information content (AvgIpc) is 2.66. The van der Waals surface area contributed by atoms with Crippen LogP contribution in [0.2, 0.25) is 5.02 Å². The van der Waals surface area contributed by atoms with Crippen LogP contribution in [-0.4, -0.2) is 21.4 Å². The van der Waals surface area contributed by atoms with Gasteiger partial charge in [0.25, 0.3) is 0 Å². The molecule has 3 N–H and O–H groups in total. The lowest BCUT2D eigenvalue weighted by Crippen LogP contribution is -2.18. The number of aromatic hydroxyl groups is 2. The predicted octanol–water partition coefficient (Wildman–Crippen LogP) is 5.18. The zero-order valence-electron chi connectivity index (χ0n) is 15.8. The minimum atomic E-state index is -0.729. The van der Waals surface area contributed by atoms with E-state index < -0.39 is 17.5 Å². The van der Waals surface area contributed by atoms with Gasteiger partial charge in [0, 0.05) is 29.2 Å². The predicted molar refractivity (Wildman–Crippen MR) is 110 cm³/mol. The van der Waals surface area contributed by atoms with Gasteiger partial charge >= 0.3 is 0 Å². The Balaban J connectivity index is 2.38. The van der Waals surface area contributed by atoms with Gasteiger partial charge in [0.05, 0.1) is 11.1 Å². The number of hydrogen-bond acceptors (Lipinski definition) is 5. The highest BCUT2D eigenvalue weighted by atomic mass is 35.5. The average molecular weight is 403 g/mol. The molecule has 0 fully saturated rings. The summed E-state index contributed by atoms with van der Waals surface area (Å²) in [6.07, 6.45) is 1.09. The van der Waals surface area contributed by atoms with Crippen molar-refractivity contribution in [3.05, 3.63) is 57.2 Å². The van der Waals surface area contributed by atoms with Gasteiger partial charge in [-0.2, -0.15) is 0 Å². The van der Waals surface area contributed by atoms with Crippen LogP contribution in [0.3, 0.4) is 0 Å². The summed E-state index contributed by atoms with van der Waals surface area (Å²) in [5.41, 5.74) is 0.483. The van der Waals surface area contributed by atoms with Crippen LogP contribution in [0.15, 0.2) is 45.6 Å². The van der Waals surface area contributed by atoms with Crippen LogP contribution in [0.25, 0.3) is 22.3 Å². The van der Waals surface area contributed by atoms with E-state index >= 15 is 0 Å². The smallest absolute Gasteiger partial charge is 0.197 e. The molecule has 1 aromatic heterocycles. The molecular weight excluding hydrogens is 380 g/mol. The van der Waals surface area contributed by atoms with E-state index in [0.717, 1.165) is 12.5 Å². The van der Waals surface area contributed by atoms with Crippen LogP contribution in [0.5, 0.6) is 11.5 Å². The summed E-state index contributed by atoms with van der Waals surface area (Å²) in [6, 6.07) is 9.35. The maximum absolute atomic E-state index is 12.8. The molecule has 0 radical (unpaired) electrons. The van der Waals surface area contributed by atoms with Gasteiger partial charge in [-0.25, -0.2) is 0 Å². The molecule has 0 saturated carbocycles. The van der Waals surface area contributed by atoms with Gasteiger partial charge in [-0.15, -0.1) is 0 Å². The van der Waals surface area contributed by atoms with Crippen molar-refractivity contribution < 1.29 is 19.7 Å². The summed E-state index contributed by atoms with van der Waals surface area (Å²) in [6.45, 7) is 3.82. The van der Waals surface area contributed by atoms with Crippen molar-refractivity contribution in [2.24, 2.45) is 0 Å². The molecule has 0 aliphatic carbocycles. The summed E-state index contributed by atoms with van der Waals surface area (Å²) >= 11 is 6.25. The largest absolute Gasteiger partial charge is 0.507 e. The highest BCUT2D eigenvalue weighted by Gasteiger charge is 2.28. The third kappa shape index (κ3) is 3.60. The Morgan fingerprint density at radius 1 is 1.11 bits per heavy atom. The maximum Gasteiger partial charge on any atom is 0.197 e. The quantitative estimate of drug-likeness (QED) is 0.528. The standard InChI is InChI=1S/C22H23ClO5/c1-3-7-13(15(24)4-2)20-16(25)10-17(26)21-18(27)11-19(28-22(20)21)12-8-5-6-9-14(12)23/h5-6,8-11,13,15,24-26H,3-4,7H2,1-2H3/t13-,15+/m0/s1. The molecule has 0 spiro atoms. The molecule has 2 aromatic carbocycles. The molecule has 0 unspecified atom stereocenters. The van der Waals surface area contributed by atoms with Gasteiger partial charge in [0.2, 0.25) is 0 Å². The molecule has 0 saturated heterocycles. The fourth-order valence-electron chi connectivity index (χ4n) is 3.60. The molecule has 2 atom stereocenters. The van der Waals surface area contributed by atoms with E-state index in [2.05, 4.69) is 0 Å². The third-order valence-corrected chi connectivity index (χ3v) is 5.32. The number of aliphatic hydroxyl groups is 1. The summed E-state index contributed by atoms with van der Waals surface area (Å²) in [5, 5.41) is 31.8. The van der Waals surface area contributed by atoms with Gasteiger partial charge in [-0.3, -0.25) is 4.79 Å². The van der Waals surface area contributed by atoms with Crippen LogP contribution in [0.4, 0.5) is 0 Å². The number of hydrogen-bond donors (Lipinski definition) is 3. The summed E-state index contributed by atoms with van der Waals surface area (Å²) in [4.78, 5) is 12.8. The minimum absolute atomic E-state index is 0.0204. The Labute approximate surface area is 167 Å². The Morgan fingerprint density at radius 3 is 2.46 bits per heavy atom. The van der Waals surface area contributed by atoms with Crippen molar-refractivity contribution in [3.8, 4) is 22.8 Å². The molecule has 0 amide bonds. The van der Waals surface area contributed by atoms with E-state index in [1.807, 2.05) is 13.8 Å². The van der Waals surface area contributed by atoms with E-state index in [1.165, 1.54) is 6.07 Å². The topological polar surface area (TPSA) is 90.9 Å². The van der Waals surface area contributed by atoms with E-state index in [0.29, 0.717) is 29.0 Å². The van der Waals surface area contributed by atoms with Crippen molar-refractivity contribution >= 4 is 22.6 Å². The molecule has 3 rings (SSSR count). The van der Waals surface area contributed by atoms with Crippen LogP contribution >= 0.6 is 11.6 Å². The van der Waals surface area contributed by atoms with E-state index in [1.54, 1.807) is 24.3 Å². The number of phenols is 2. The van der Waals surface area contributed by atoms with Crippen molar-refractivity contribution in [2.75, 3.05) is 0 Å². The normalized spacial score (nSPS) is 13.6. The Morgan fingerprint density at radius 2 is 1.82 bits per heavy atom. The SMILES string of the molecule is CCC[C@H](c1c(O)cc(O)c2c(=O)cc(-c3ccccc3Cl)oc12)[C@H](O)CC. The van der Waals surface area contributed by atoms with Crippen LogP contribution in [0, 0.1) is 0 Å². The van der Waals surface area contributed by atoms with Crippen molar-refractivity contribution in [1.82, 2.24) is 0 Å². The monoisotopic (exact) mass is 402 g/mol. The highest BCUT2D eigenvalue weighted by molar-refractivity contribution is 6.33. The molecule has 6 heteroatoms. The van der Waals surface area contributed by atoms with Crippen LogP contribution in [0.1, 0.15) is 44.6 Å². The van der Waals surface area contributed by atoms with Gasteiger partial charge < -0.3 is 19.7 Å². The molecule has 0 aliphatic heterocycles. The van der Waals surface area contributed by atoms with Gasteiger partial charge in [-0.05, 0) is 25.0 Å². The van der Waals surface area contributed by atoms with Crippen molar-refractivity contribution in [2.45, 2.75) is 45.1 Å². The molecule has 5 nitrogen and oxygen atoms in total. The van der Waals surface area contributed by atoms with Gasteiger partial charge in [0.1, 0.15) is 28.2 Å². The third-order valence-electron chi connectivity index (χ3n) is 4.99. The van der Waals surface area contributed by atoms with Crippen molar-refractivity contribution in [1.29, 1.82) is 0 Å². The molecule has 0 bridgehead atoms. The lowest BCUT2D eigenvalue weighted by Gasteiger charge is -2.24. The molecular formula is C22H23ClO5. The first-order chi connectivity index (χ1) is 13.4. The lowest BCUT2D eigenvalue weighted by atomic mass is 9.86. The zero-order chi connectivity index (χ0) is 20.4. The number of benzene rings is 2. The first-order valence-corrected chi connectivity index (χ1v) is 9.72. The molecule has 3 aromatic rings. The van der Waals surface area contributed by atoms with E-state index in [-0.39, 0.29) is 28.2 Å². The number of fused-ring (bicyclic) bond motifs is 1. The minimum Gasteiger partial charge on any atom is -0.507 e.